The number of thioether (sulfide) groups is 1. The van der Waals surface area contributed by atoms with Crippen LogP contribution in [0.15, 0.2) is 34.1 Å². The molecule has 0 bridgehead atoms. The molecule has 0 spiro atoms. The van der Waals surface area contributed by atoms with Crippen LogP contribution in [0.5, 0.6) is 0 Å². The Kier molecular flexibility index (Phi) is 6.18. The number of nitrogens with one attached hydrogen (secondary N) is 1. The highest BCUT2D eigenvalue weighted by atomic mass is 32.2. The second kappa shape index (κ2) is 8.12. The van der Waals surface area contributed by atoms with Gasteiger partial charge in [0, 0.05) is 19.6 Å². The minimum atomic E-state index is -0.141. The van der Waals surface area contributed by atoms with Gasteiger partial charge in [0.05, 0.1) is 16.8 Å². The monoisotopic (exact) mass is 334 g/mol. The largest absolute Gasteiger partial charge is 0.354 e. The number of hydrogen-bond donors (Lipinski definition) is 1. The molecule has 1 N–H and O–H groups in total. The van der Waals surface area contributed by atoms with Crippen LogP contribution < -0.4 is 10.9 Å². The van der Waals surface area contributed by atoms with E-state index in [0.29, 0.717) is 18.1 Å². The molecule has 0 aliphatic carbocycles. The molecule has 7 heteroatoms. The first-order valence-electron chi connectivity index (χ1n) is 7.56. The van der Waals surface area contributed by atoms with Crippen molar-refractivity contribution in [3.05, 3.63) is 34.6 Å². The summed E-state index contributed by atoms with van der Waals surface area (Å²) in [4.78, 5) is 30.7. The van der Waals surface area contributed by atoms with Crippen molar-refractivity contribution in [2.24, 2.45) is 0 Å². The van der Waals surface area contributed by atoms with Crippen molar-refractivity contribution in [3.63, 3.8) is 0 Å². The van der Waals surface area contributed by atoms with Gasteiger partial charge in [0.15, 0.2) is 5.03 Å². The molecule has 1 aromatic heterocycles. The summed E-state index contributed by atoms with van der Waals surface area (Å²) in [5.41, 5.74) is 1.45. The van der Waals surface area contributed by atoms with E-state index in [1.807, 2.05) is 50.2 Å². The average Bonchev–Trinajstić information content (AvgIpc) is 2.52. The molecule has 2 aromatic rings. The van der Waals surface area contributed by atoms with Crippen molar-refractivity contribution in [2.75, 3.05) is 32.9 Å². The molecular weight excluding hydrogens is 312 g/mol. The van der Waals surface area contributed by atoms with E-state index >= 15 is 0 Å². The predicted octanol–water partition coefficient (Wildman–Crippen LogP) is 1.19. The summed E-state index contributed by atoms with van der Waals surface area (Å²) in [6, 6.07) is 7.54. The smallest absolute Gasteiger partial charge is 0.283 e. The third-order valence-electron chi connectivity index (χ3n) is 3.36. The third kappa shape index (κ3) is 4.56. The van der Waals surface area contributed by atoms with Gasteiger partial charge in [-0.05, 0) is 33.2 Å². The van der Waals surface area contributed by atoms with Crippen molar-refractivity contribution in [2.45, 2.75) is 18.5 Å². The maximum Gasteiger partial charge on any atom is 0.283 e. The van der Waals surface area contributed by atoms with Crippen LogP contribution in [0.2, 0.25) is 0 Å². The van der Waals surface area contributed by atoms with Crippen LogP contribution in [0.1, 0.15) is 6.92 Å². The molecular formula is C16H22N4O2S. The van der Waals surface area contributed by atoms with Gasteiger partial charge in [0.1, 0.15) is 0 Å². The highest BCUT2D eigenvalue weighted by Gasteiger charge is 2.12. The highest BCUT2D eigenvalue weighted by Crippen LogP contribution is 2.16. The molecule has 1 aromatic carbocycles. The summed E-state index contributed by atoms with van der Waals surface area (Å²) in [6.07, 6.45) is 0. The fourth-order valence-electron chi connectivity index (χ4n) is 2.18. The minimum Gasteiger partial charge on any atom is -0.354 e. The Morgan fingerprint density at radius 3 is 2.78 bits per heavy atom. The molecule has 0 aliphatic heterocycles. The quantitative estimate of drug-likeness (QED) is 0.771. The summed E-state index contributed by atoms with van der Waals surface area (Å²) in [7, 11) is 3.90. The lowest BCUT2D eigenvalue weighted by Gasteiger charge is -2.11. The van der Waals surface area contributed by atoms with Crippen LogP contribution >= 0.6 is 11.8 Å². The number of carbonyl (C=O) groups excluding carboxylic acids is 1. The van der Waals surface area contributed by atoms with E-state index in [1.54, 1.807) is 4.57 Å². The normalized spacial score (nSPS) is 11.1. The third-order valence-corrected chi connectivity index (χ3v) is 4.31. The molecule has 0 saturated heterocycles. The average molecular weight is 334 g/mol. The van der Waals surface area contributed by atoms with Gasteiger partial charge >= 0.3 is 0 Å². The standard InChI is InChI=1S/C16H22N4O2S/c1-4-20-13-8-6-5-7-12(13)18-15(16(20)22)23-11-14(21)17-9-10-19(2)3/h5-8H,4,9-11H2,1-3H3,(H,17,21). The van der Waals surface area contributed by atoms with E-state index in [0.717, 1.165) is 17.6 Å². The first-order valence-corrected chi connectivity index (χ1v) is 8.55. The lowest BCUT2D eigenvalue weighted by Crippen LogP contribution is -2.32. The van der Waals surface area contributed by atoms with E-state index in [4.69, 9.17) is 0 Å². The predicted molar refractivity (Wildman–Crippen MR) is 94.0 cm³/mol. The highest BCUT2D eigenvalue weighted by molar-refractivity contribution is 7.99. The molecule has 0 unspecified atom stereocenters. The molecule has 2 rings (SSSR count). The van der Waals surface area contributed by atoms with Crippen LogP contribution in [0.3, 0.4) is 0 Å². The molecule has 124 valence electrons. The molecule has 0 aliphatic rings. The van der Waals surface area contributed by atoms with Gasteiger partial charge in [-0.15, -0.1) is 0 Å². The molecule has 0 fully saturated rings. The lowest BCUT2D eigenvalue weighted by atomic mass is 10.3. The molecule has 23 heavy (non-hydrogen) atoms. The maximum atomic E-state index is 12.5. The van der Waals surface area contributed by atoms with E-state index < -0.39 is 0 Å². The Balaban J connectivity index is 2.10. The number of para-hydroxylation sites is 2. The van der Waals surface area contributed by atoms with Crippen molar-refractivity contribution < 1.29 is 4.79 Å². The number of hydrogen-bond acceptors (Lipinski definition) is 5. The summed E-state index contributed by atoms with van der Waals surface area (Å²) >= 11 is 1.19. The second-order valence-corrected chi connectivity index (χ2v) is 6.36. The zero-order chi connectivity index (χ0) is 16.8. The zero-order valence-electron chi connectivity index (χ0n) is 13.7. The van der Waals surface area contributed by atoms with Gasteiger partial charge in [-0.3, -0.25) is 9.59 Å². The van der Waals surface area contributed by atoms with Crippen LogP contribution in [0.25, 0.3) is 11.0 Å². The van der Waals surface area contributed by atoms with Crippen molar-refractivity contribution >= 4 is 28.7 Å². The molecule has 6 nitrogen and oxygen atoms in total. The van der Waals surface area contributed by atoms with Crippen molar-refractivity contribution in [3.8, 4) is 0 Å². The van der Waals surface area contributed by atoms with Gasteiger partial charge in [-0.25, -0.2) is 4.98 Å². The van der Waals surface area contributed by atoms with Gasteiger partial charge in [0.25, 0.3) is 5.56 Å². The Hall–Kier alpha value is -1.86. The van der Waals surface area contributed by atoms with Crippen LogP contribution in [-0.2, 0) is 11.3 Å². The van der Waals surface area contributed by atoms with E-state index in [-0.39, 0.29) is 17.2 Å². The van der Waals surface area contributed by atoms with Crippen molar-refractivity contribution in [1.29, 1.82) is 0 Å². The summed E-state index contributed by atoms with van der Waals surface area (Å²) in [6.45, 7) is 3.88. The Morgan fingerprint density at radius 1 is 1.35 bits per heavy atom. The fourth-order valence-corrected chi connectivity index (χ4v) is 2.95. The first-order chi connectivity index (χ1) is 11.0. The second-order valence-electron chi connectivity index (χ2n) is 5.40. The maximum absolute atomic E-state index is 12.5. The van der Waals surface area contributed by atoms with Crippen LogP contribution in [0.4, 0.5) is 0 Å². The number of rotatable bonds is 7. The number of nitrogens with zero attached hydrogens (tertiary/aromatic N) is 3. The number of benzene rings is 1. The number of likely N-dealkylation sites (N-methyl/N-ethyl adjacent to an activating group) is 1. The van der Waals surface area contributed by atoms with E-state index in [9.17, 15) is 9.59 Å². The van der Waals surface area contributed by atoms with Gasteiger partial charge in [-0.2, -0.15) is 0 Å². The Bertz CT molecular complexity index is 742. The summed E-state index contributed by atoms with van der Waals surface area (Å²) < 4.78 is 1.69. The fraction of sp³-hybridized carbons (Fsp3) is 0.438. The Labute approximate surface area is 139 Å². The number of amides is 1. The number of carbonyl (C=O) groups is 1. The zero-order valence-corrected chi connectivity index (χ0v) is 14.5. The van der Waals surface area contributed by atoms with Crippen LogP contribution in [0, 0.1) is 0 Å². The topological polar surface area (TPSA) is 67.2 Å². The number of fused-ring (bicyclic) bond motifs is 1. The van der Waals surface area contributed by atoms with E-state index in [1.165, 1.54) is 11.8 Å². The van der Waals surface area contributed by atoms with E-state index in [2.05, 4.69) is 10.3 Å². The van der Waals surface area contributed by atoms with Gasteiger partial charge in [-0.1, -0.05) is 23.9 Å². The molecule has 0 atom stereocenters. The molecule has 0 saturated carbocycles. The van der Waals surface area contributed by atoms with Gasteiger partial charge < -0.3 is 14.8 Å². The van der Waals surface area contributed by atoms with Gasteiger partial charge in [0.2, 0.25) is 5.91 Å². The minimum absolute atomic E-state index is 0.0887. The Morgan fingerprint density at radius 2 is 2.09 bits per heavy atom. The van der Waals surface area contributed by atoms with Crippen molar-refractivity contribution in [1.82, 2.24) is 19.8 Å². The molecule has 0 radical (unpaired) electrons. The molecule has 1 amide bonds. The SMILES string of the molecule is CCn1c(=O)c(SCC(=O)NCCN(C)C)nc2ccccc21. The summed E-state index contributed by atoms with van der Waals surface area (Å²) in [5.74, 6) is 0.104. The lowest BCUT2D eigenvalue weighted by molar-refractivity contribution is -0.118. The number of aromatic nitrogens is 2. The number of aryl methyl sites for hydroxylation is 1. The van der Waals surface area contributed by atoms with Crippen LogP contribution in [-0.4, -0.2) is 53.3 Å². The molecule has 1 heterocycles. The summed E-state index contributed by atoms with van der Waals surface area (Å²) in [5, 5.41) is 3.20. The first kappa shape index (κ1) is 17.5.